The van der Waals surface area contributed by atoms with Crippen molar-refractivity contribution in [2.45, 2.75) is 6.92 Å². The summed E-state index contributed by atoms with van der Waals surface area (Å²) in [6.07, 6.45) is 0. The fraction of sp³-hybridized carbons (Fsp3) is 0.0345. The Morgan fingerprint density at radius 3 is 2.23 bits per heavy atom. The number of furan rings is 1. The Morgan fingerprint density at radius 2 is 1.32 bits per heavy atom. The summed E-state index contributed by atoms with van der Waals surface area (Å²) in [5, 5.41) is 7.35. The molecule has 0 aliphatic carbocycles. The van der Waals surface area contributed by atoms with Gasteiger partial charge in [0.05, 0.1) is 16.7 Å². The molecule has 5 aromatic carbocycles. The van der Waals surface area contributed by atoms with Crippen LogP contribution in [0.15, 0.2) is 101 Å². The number of aryl methyl sites for hydroxylation is 1. The second kappa shape index (κ2) is 5.99. The lowest BCUT2D eigenvalue weighted by molar-refractivity contribution is 0.666. The van der Waals surface area contributed by atoms with Crippen molar-refractivity contribution < 1.29 is 4.42 Å². The lowest BCUT2D eigenvalue weighted by Crippen LogP contribution is -1.95. The summed E-state index contributed by atoms with van der Waals surface area (Å²) in [6.45, 7) is 2.19. The van der Waals surface area contributed by atoms with Crippen molar-refractivity contribution in [3.63, 3.8) is 0 Å². The summed E-state index contributed by atoms with van der Waals surface area (Å²) in [5.41, 5.74) is 6.75. The lowest BCUT2D eigenvalue weighted by atomic mass is 10.0. The standard InChI is InChI=1S/C29H19NO/c1-18-28-22-13-4-6-14-25(22)30(24-15-8-10-19-9-2-3-11-20(19)24)26(28)17-23-21-12-5-7-16-27(21)31-29(18)23/h2-17H,1H3. The summed E-state index contributed by atoms with van der Waals surface area (Å²) in [6, 6.07) is 34.5. The minimum absolute atomic E-state index is 0.939. The van der Waals surface area contributed by atoms with Gasteiger partial charge in [-0.3, -0.25) is 0 Å². The zero-order valence-electron chi connectivity index (χ0n) is 17.1. The average molecular weight is 397 g/mol. The Balaban J connectivity index is 1.75. The van der Waals surface area contributed by atoms with Gasteiger partial charge in [-0.1, -0.05) is 72.8 Å². The number of hydrogen-bond acceptors (Lipinski definition) is 1. The number of nitrogens with zero attached hydrogens (tertiary/aromatic N) is 1. The van der Waals surface area contributed by atoms with E-state index in [-0.39, 0.29) is 0 Å². The molecule has 7 aromatic rings. The highest BCUT2D eigenvalue weighted by atomic mass is 16.3. The molecule has 0 aliphatic rings. The van der Waals surface area contributed by atoms with Crippen molar-refractivity contribution >= 4 is 54.5 Å². The Morgan fingerprint density at radius 1 is 0.613 bits per heavy atom. The molecule has 2 heteroatoms. The van der Waals surface area contributed by atoms with Crippen LogP contribution in [0.3, 0.4) is 0 Å². The summed E-state index contributed by atoms with van der Waals surface area (Å²) < 4.78 is 8.73. The molecular formula is C29H19NO. The zero-order chi connectivity index (χ0) is 20.5. The number of hydrogen-bond donors (Lipinski definition) is 0. The van der Waals surface area contributed by atoms with Crippen LogP contribution in [-0.4, -0.2) is 4.57 Å². The summed E-state index contributed by atoms with van der Waals surface area (Å²) in [5.74, 6) is 0. The predicted molar refractivity (Wildman–Crippen MR) is 130 cm³/mol. The Hall–Kier alpha value is -4.04. The van der Waals surface area contributed by atoms with Crippen molar-refractivity contribution in [1.29, 1.82) is 0 Å². The van der Waals surface area contributed by atoms with E-state index >= 15 is 0 Å². The van der Waals surface area contributed by atoms with E-state index in [0.717, 1.165) is 16.6 Å². The fourth-order valence-electron chi connectivity index (χ4n) is 5.19. The van der Waals surface area contributed by atoms with Crippen LogP contribution < -0.4 is 0 Å². The summed E-state index contributed by atoms with van der Waals surface area (Å²) in [4.78, 5) is 0. The molecule has 0 saturated carbocycles. The molecule has 0 radical (unpaired) electrons. The first-order valence-electron chi connectivity index (χ1n) is 10.6. The van der Waals surface area contributed by atoms with E-state index < -0.39 is 0 Å². The molecule has 2 aromatic heterocycles. The Bertz CT molecular complexity index is 1790. The summed E-state index contributed by atoms with van der Waals surface area (Å²) in [7, 11) is 0. The predicted octanol–water partition coefficient (Wildman–Crippen LogP) is 8.14. The highest BCUT2D eigenvalue weighted by Gasteiger charge is 2.19. The summed E-state index contributed by atoms with van der Waals surface area (Å²) >= 11 is 0. The molecule has 0 spiro atoms. The van der Waals surface area contributed by atoms with Crippen LogP contribution in [0.1, 0.15) is 5.56 Å². The number of para-hydroxylation sites is 2. The molecule has 0 atom stereocenters. The number of rotatable bonds is 1. The molecule has 146 valence electrons. The molecule has 7 rings (SSSR count). The van der Waals surface area contributed by atoms with Crippen LogP contribution in [0, 0.1) is 6.92 Å². The number of fused-ring (bicyclic) bond motifs is 7. The van der Waals surface area contributed by atoms with Gasteiger partial charge in [0.1, 0.15) is 11.2 Å². The highest BCUT2D eigenvalue weighted by Crippen LogP contribution is 2.41. The number of benzene rings is 5. The Labute approximate surface area is 178 Å². The highest BCUT2D eigenvalue weighted by molar-refractivity contribution is 6.19. The van der Waals surface area contributed by atoms with Crippen molar-refractivity contribution in [1.82, 2.24) is 4.57 Å². The molecule has 0 fully saturated rings. The van der Waals surface area contributed by atoms with Gasteiger partial charge >= 0.3 is 0 Å². The van der Waals surface area contributed by atoms with Gasteiger partial charge in [-0.15, -0.1) is 0 Å². The van der Waals surface area contributed by atoms with Gasteiger partial charge in [-0.05, 0) is 36.6 Å². The molecule has 0 unspecified atom stereocenters. The molecule has 0 N–H and O–H groups in total. The van der Waals surface area contributed by atoms with Crippen molar-refractivity contribution in [2.75, 3.05) is 0 Å². The average Bonchev–Trinajstić information content (AvgIpc) is 3.35. The molecule has 0 bridgehead atoms. The van der Waals surface area contributed by atoms with Gasteiger partial charge in [-0.2, -0.15) is 0 Å². The first-order chi connectivity index (χ1) is 15.3. The SMILES string of the molecule is Cc1c2oc3ccccc3c2cc2c1c1ccccc1n2-c1cccc2ccccc12. The molecule has 0 saturated heterocycles. The largest absolute Gasteiger partial charge is 0.456 e. The second-order valence-electron chi connectivity index (χ2n) is 8.22. The first-order valence-corrected chi connectivity index (χ1v) is 10.6. The topological polar surface area (TPSA) is 18.1 Å². The van der Waals surface area contributed by atoms with E-state index in [0.29, 0.717) is 0 Å². The Kier molecular flexibility index (Phi) is 3.23. The maximum absolute atomic E-state index is 6.32. The molecule has 2 nitrogen and oxygen atoms in total. The third kappa shape index (κ3) is 2.17. The van der Waals surface area contributed by atoms with E-state index in [1.165, 1.54) is 49.2 Å². The maximum atomic E-state index is 6.32. The van der Waals surface area contributed by atoms with Gasteiger partial charge in [0.2, 0.25) is 0 Å². The van der Waals surface area contributed by atoms with Gasteiger partial charge in [0.15, 0.2) is 0 Å². The molecule has 0 aliphatic heterocycles. The maximum Gasteiger partial charge on any atom is 0.139 e. The van der Waals surface area contributed by atoms with Crippen molar-refractivity contribution in [3.8, 4) is 5.69 Å². The van der Waals surface area contributed by atoms with Crippen LogP contribution in [0.2, 0.25) is 0 Å². The third-order valence-electron chi connectivity index (χ3n) is 6.55. The molecule has 2 heterocycles. The van der Waals surface area contributed by atoms with Crippen LogP contribution in [-0.2, 0) is 0 Å². The molecule has 31 heavy (non-hydrogen) atoms. The van der Waals surface area contributed by atoms with Gasteiger partial charge in [0.25, 0.3) is 0 Å². The van der Waals surface area contributed by atoms with Gasteiger partial charge < -0.3 is 8.98 Å². The fourth-order valence-corrected chi connectivity index (χ4v) is 5.19. The number of aromatic nitrogens is 1. The van der Waals surface area contributed by atoms with E-state index in [1.54, 1.807) is 0 Å². The second-order valence-corrected chi connectivity index (χ2v) is 8.22. The quantitative estimate of drug-likeness (QED) is 0.273. The van der Waals surface area contributed by atoms with Crippen molar-refractivity contribution in [2.24, 2.45) is 0 Å². The minimum Gasteiger partial charge on any atom is -0.456 e. The van der Waals surface area contributed by atoms with E-state index in [4.69, 9.17) is 4.42 Å². The smallest absolute Gasteiger partial charge is 0.139 e. The van der Waals surface area contributed by atoms with Crippen LogP contribution in [0.4, 0.5) is 0 Å². The van der Waals surface area contributed by atoms with E-state index in [9.17, 15) is 0 Å². The van der Waals surface area contributed by atoms with Crippen LogP contribution >= 0.6 is 0 Å². The third-order valence-corrected chi connectivity index (χ3v) is 6.55. The van der Waals surface area contributed by atoms with Crippen LogP contribution in [0.25, 0.3) is 60.2 Å². The normalized spacial score (nSPS) is 12.0. The molecular weight excluding hydrogens is 378 g/mol. The lowest BCUT2D eigenvalue weighted by Gasteiger charge is -2.12. The zero-order valence-corrected chi connectivity index (χ0v) is 17.1. The van der Waals surface area contributed by atoms with E-state index in [2.05, 4.69) is 102 Å². The minimum atomic E-state index is 0.939. The molecule has 0 amide bonds. The van der Waals surface area contributed by atoms with E-state index in [1.807, 2.05) is 6.07 Å². The van der Waals surface area contributed by atoms with Gasteiger partial charge in [0, 0.05) is 32.5 Å². The van der Waals surface area contributed by atoms with Crippen molar-refractivity contribution in [3.05, 3.63) is 103 Å². The van der Waals surface area contributed by atoms with Crippen LogP contribution in [0.5, 0.6) is 0 Å². The van der Waals surface area contributed by atoms with Gasteiger partial charge in [-0.25, -0.2) is 0 Å². The monoisotopic (exact) mass is 397 g/mol. The first kappa shape index (κ1) is 16.7.